The Hall–Kier alpha value is -5.67. The van der Waals surface area contributed by atoms with Crippen LogP contribution in [0.3, 0.4) is 0 Å². The van der Waals surface area contributed by atoms with Gasteiger partial charge in [0.2, 0.25) is 5.43 Å². The summed E-state index contributed by atoms with van der Waals surface area (Å²) in [6, 6.07) is 48.8. The fraction of sp³-hybridized carbons (Fsp3) is 0.0714. The summed E-state index contributed by atoms with van der Waals surface area (Å²) >= 11 is 0. The number of nitrogens with zero attached hydrogens (tertiary/aromatic N) is 1. The van der Waals surface area contributed by atoms with Crippen LogP contribution >= 0.6 is 0 Å². The second-order valence-corrected chi connectivity index (χ2v) is 12.6. The van der Waals surface area contributed by atoms with Gasteiger partial charge in [-0.25, -0.2) is 0 Å². The number of hydrogen-bond acceptors (Lipinski definition) is 3. The highest BCUT2D eigenvalue weighted by Crippen LogP contribution is 2.51. The van der Waals surface area contributed by atoms with Crippen molar-refractivity contribution in [3.63, 3.8) is 0 Å². The van der Waals surface area contributed by atoms with Crippen LogP contribution in [0.25, 0.3) is 54.6 Å². The van der Waals surface area contributed by atoms with Gasteiger partial charge in [-0.15, -0.1) is 0 Å². The van der Waals surface area contributed by atoms with Crippen molar-refractivity contribution in [2.24, 2.45) is 0 Å². The molecule has 0 radical (unpaired) electrons. The number of fused-ring (bicyclic) bond motifs is 7. The molecule has 1 heterocycles. The highest BCUT2D eigenvalue weighted by atomic mass is 16.3. The number of anilines is 3. The van der Waals surface area contributed by atoms with Crippen molar-refractivity contribution in [2.45, 2.75) is 19.3 Å². The predicted octanol–water partition coefficient (Wildman–Crippen LogP) is 11.0. The lowest BCUT2D eigenvalue weighted by atomic mass is 9.82. The van der Waals surface area contributed by atoms with Gasteiger partial charge in [0.25, 0.3) is 0 Å². The zero-order chi connectivity index (χ0) is 30.3. The molecule has 1 aliphatic rings. The molecule has 8 aromatic rings. The standard InChI is InChI=1S/C42H29NO2/c1-42(2)37-23-32(19-20-33(37)35-25-40-36(24-38(35)42)41(44)34-13-7-8-14-39(34)45-40)43(30-17-15-26-9-3-5-11-28(26)21-30)31-18-16-27-10-4-6-12-29(27)22-31/h3-25H,1-2H3. The third kappa shape index (κ3) is 3.87. The van der Waals surface area contributed by atoms with Gasteiger partial charge < -0.3 is 9.32 Å². The molecule has 7 aromatic carbocycles. The number of hydrogen-bond donors (Lipinski definition) is 0. The first-order valence-corrected chi connectivity index (χ1v) is 15.4. The van der Waals surface area contributed by atoms with E-state index in [-0.39, 0.29) is 10.8 Å². The average molecular weight is 580 g/mol. The van der Waals surface area contributed by atoms with Crippen molar-refractivity contribution in [2.75, 3.05) is 4.90 Å². The summed E-state index contributed by atoms with van der Waals surface area (Å²) in [7, 11) is 0. The molecule has 0 aliphatic heterocycles. The van der Waals surface area contributed by atoms with Gasteiger partial charge in [0.05, 0.1) is 10.8 Å². The van der Waals surface area contributed by atoms with Crippen LogP contribution in [-0.4, -0.2) is 0 Å². The van der Waals surface area contributed by atoms with Crippen molar-refractivity contribution in [3.05, 3.63) is 161 Å². The lowest BCUT2D eigenvalue weighted by Crippen LogP contribution is -2.17. The first-order valence-electron chi connectivity index (χ1n) is 15.4. The van der Waals surface area contributed by atoms with Crippen molar-refractivity contribution in [1.29, 1.82) is 0 Å². The Balaban J connectivity index is 1.25. The van der Waals surface area contributed by atoms with E-state index >= 15 is 0 Å². The van der Waals surface area contributed by atoms with Crippen LogP contribution in [0.2, 0.25) is 0 Å². The third-order valence-corrected chi connectivity index (χ3v) is 9.60. The van der Waals surface area contributed by atoms with E-state index in [0.717, 1.165) is 28.2 Å². The molecular weight excluding hydrogens is 550 g/mol. The van der Waals surface area contributed by atoms with E-state index in [9.17, 15) is 4.79 Å². The Morgan fingerprint density at radius 2 is 1.04 bits per heavy atom. The van der Waals surface area contributed by atoms with E-state index in [1.807, 2.05) is 24.3 Å². The van der Waals surface area contributed by atoms with E-state index < -0.39 is 0 Å². The topological polar surface area (TPSA) is 33.5 Å². The van der Waals surface area contributed by atoms with Crippen LogP contribution in [0.15, 0.2) is 149 Å². The summed E-state index contributed by atoms with van der Waals surface area (Å²) in [5, 5.41) is 6.07. The van der Waals surface area contributed by atoms with E-state index in [1.54, 1.807) is 0 Å². The van der Waals surface area contributed by atoms with Gasteiger partial charge in [0.1, 0.15) is 11.2 Å². The monoisotopic (exact) mass is 579 g/mol. The molecule has 0 N–H and O–H groups in total. The Morgan fingerprint density at radius 3 is 1.73 bits per heavy atom. The first kappa shape index (κ1) is 25.8. The second kappa shape index (κ2) is 9.41. The van der Waals surface area contributed by atoms with Gasteiger partial charge >= 0.3 is 0 Å². The highest BCUT2D eigenvalue weighted by molar-refractivity contribution is 5.97. The van der Waals surface area contributed by atoms with Crippen LogP contribution in [0, 0.1) is 0 Å². The molecule has 9 rings (SSSR count). The molecule has 45 heavy (non-hydrogen) atoms. The van der Waals surface area contributed by atoms with Gasteiger partial charge in [-0.1, -0.05) is 92.7 Å². The molecule has 3 nitrogen and oxygen atoms in total. The van der Waals surface area contributed by atoms with Gasteiger partial charge in [0, 0.05) is 22.5 Å². The van der Waals surface area contributed by atoms with Crippen LogP contribution in [0.5, 0.6) is 0 Å². The lowest BCUT2D eigenvalue weighted by Gasteiger charge is -2.28. The molecule has 0 bridgehead atoms. The van der Waals surface area contributed by atoms with Crippen molar-refractivity contribution < 1.29 is 4.42 Å². The summed E-state index contributed by atoms with van der Waals surface area (Å²) in [6.07, 6.45) is 0. The molecule has 0 atom stereocenters. The Labute approximate surface area is 260 Å². The normalized spacial score (nSPS) is 13.4. The van der Waals surface area contributed by atoms with Crippen LogP contribution in [0.1, 0.15) is 25.0 Å². The van der Waals surface area contributed by atoms with Gasteiger partial charge in [0.15, 0.2) is 0 Å². The van der Waals surface area contributed by atoms with Crippen molar-refractivity contribution in [1.82, 2.24) is 0 Å². The maximum atomic E-state index is 13.5. The van der Waals surface area contributed by atoms with Gasteiger partial charge in [-0.2, -0.15) is 0 Å². The molecule has 0 spiro atoms. The van der Waals surface area contributed by atoms with E-state index in [2.05, 4.69) is 134 Å². The maximum Gasteiger partial charge on any atom is 0.200 e. The number of benzene rings is 7. The molecule has 214 valence electrons. The van der Waals surface area contributed by atoms with Crippen LogP contribution < -0.4 is 10.3 Å². The fourth-order valence-corrected chi connectivity index (χ4v) is 7.24. The zero-order valence-corrected chi connectivity index (χ0v) is 25.0. The van der Waals surface area contributed by atoms with Crippen molar-refractivity contribution >= 4 is 60.5 Å². The minimum absolute atomic E-state index is 0.0147. The van der Waals surface area contributed by atoms with Crippen LogP contribution in [0.4, 0.5) is 17.1 Å². The summed E-state index contributed by atoms with van der Waals surface area (Å²) < 4.78 is 6.28. The molecule has 3 heteroatoms. The summed E-state index contributed by atoms with van der Waals surface area (Å²) in [5.41, 5.74) is 8.90. The Morgan fingerprint density at radius 1 is 0.489 bits per heavy atom. The fourth-order valence-electron chi connectivity index (χ4n) is 7.24. The van der Waals surface area contributed by atoms with Crippen molar-refractivity contribution in [3.8, 4) is 11.1 Å². The predicted molar refractivity (Wildman–Crippen MR) is 187 cm³/mol. The molecular formula is C42H29NO2. The first-order chi connectivity index (χ1) is 22.0. The third-order valence-electron chi connectivity index (χ3n) is 9.60. The largest absolute Gasteiger partial charge is 0.456 e. The quantitative estimate of drug-likeness (QED) is 0.195. The molecule has 0 fully saturated rings. The lowest BCUT2D eigenvalue weighted by molar-refractivity contribution is 0.652. The van der Waals surface area contributed by atoms with Gasteiger partial charge in [-0.3, -0.25) is 4.79 Å². The van der Waals surface area contributed by atoms with Crippen LogP contribution in [-0.2, 0) is 5.41 Å². The Kier molecular flexibility index (Phi) is 5.40. The molecule has 1 aliphatic carbocycles. The second-order valence-electron chi connectivity index (χ2n) is 12.6. The number of rotatable bonds is 3. The smallest absolute Gasteiger partial charge is 0.200 e. The van der Waals surface area contributed by atoms with E-state index in [4.69, 9.17) is 4.42 Å². The zero-order valence-electron chi connectivity index (χ0n) is 25.0. The highest BCUT2D eigenvalue weighted by Gasteiger charge is 2.37. The summed E-state index contributed by atoms with van der Waals surface area (Å²) in [5.74, 6) is 0. The Bertz CT molecular complexity index is 2480. The molecule has 0 saturated heterocycles. The number of para-hydroxylation sites is 1. The molecule has 1 aromatic heterocycles. The minimum Gasteiger partial charge on any atom is -0.456 e. The summed E-state index contributed by atoms with van der Waals surface area (Å²) in [6.45, 7) is 4.51. The molecule has 0 amide bonds. The molecule has 0 unspecified atom stereocenters. The summed E-state index contributed by atoms with van der Waals surface area (Å²) in [4.78, 5) is 15.9. The van der Waals surface area contributed by atoms with E-state index in [0.29, 0.717) is 21.9 Å². The average Bonchev–Trinajstić information content (AvgIpc) is 3.29. The van der Waals surface area contributed by atoms with E-state index in [1.165, 1.54) is 32.7 Å². The SMILES string of the molecule is CC1(C)c2cc(N(c3ccc4ccccc4c3)c3ccc4ccccc4c3)ccc2-c2cc3oc4ccccc4c(=O)c3cc21. The minimum atomic E-state index is -0.314. The van der Waals surface area contributed by atoms with Gasteiger partial charge in [-0.05, 0) is 104 Å². The molecule has 0 saturated carbocycles. The maximum absolute atomic E-state index is 13.5.